The number of rotatable bonds is 5. The van der Waals surface area contributed by atoms with Crippen molar-refractivity contribution < 1.29 is 4.74 Å². The molecule has 0 unspecified atom stereocenters. The first-order valence-electron chi connectivity index (χ1n) is 8.21. The minimum absolute atomic E-state index is 0.160. The Kier molecular flexibility index (Phi) is 4.81. The minimum Gasteiger partial charge on any atom is -0.383 e. The molecule has 0 bridgehead atoms. The molecule has 0 radical (unpaired) electrons. The Hall–Kier alpha value is -2.73. The van der Waals surface area contributed by atoms with Gasteiger partial charge in [-0.15, -0.1) is 0 Å². The Labute approximate surface area is 146 Å². The summed E-state index contributed by atoms with van der Waals surface area (Å²) in [4.78, 5) is 17.1. The predicted molar refractivity (Wildman–Crippen MR) is 99.5 cm³/mol. The lowest BCUT2D eigenvalue weighted by molar-refractivity contribution is 0.186. The second-order valence-corrected chi connectivity index (χ2v) is 6.01. The van der Waals surface area contributed by atoms with Gasteiger partial charge in [0.25, 0.3) is 5.56 Å². The highest BCUT2D eigenvalue weighted by Gasteiger charge is 2.09. The van der Waals surface area contributed by atoms with Crippen molar-refractivity contribution >= 4 is 17.1 Å². The van der Waals surface area contributed by atoms with E-state index in [2.05, 4.69) is 27.6 Å². The second-order valence-electron chi connectivity index (χ2n) is 6.01. The average molecular weight is 338 g/mol. The molecule has 0 atom stereocenters. The molecule has 0 amide bonds. The Morgan fingerprint density at radius 3 is 2.76 bits per heavy atom. The zero-order valence-electron chi connectivity index (χ0n) is 15.0. The van der Waals surface area contributed by atoms with Crippen molar-refractivity contribution in [2.24, 2.45) is 5.10 Å². The van der Waals surface area contributed by atoms with E-state index in [9.17, 15) is 4.79 Å². The highest BCUT2D eigenvalue weighted by molar-refractivity contribution is 5.82. The molecule has 2 aromatic heterocycles. The third-order valence-electron chi connectivity index (χ3n) is 4.36. The normalized spacial score (nSPS) is 11.7. The third-order valence-corrected chi connectivity index (χ3v) is 4.36. The number of hydrogen-bond donors (Lipinski definition) is 0. The van der Waals surface area contributed by atoms with Crippen molar-refractivity contribution in [2.45, 2.75) is 27.3 Å². The number of aryl methyl sites for hydroxylation is 2. The van der Waals surface area contributed by atoms with E-state index in [0.29, 0.717) is 23.3 Å². The van der Waals surface area contributed by atoms with Crippen LogP contribution in [0.15, 0.2) is 40.2 Å². The molecule has 0 spiro atoms. The molecule has 0 saturated heterocycles. The van der Waals surface area contributed by atoms with E-state index in [4.69, 9.17) is 4.74 Å². The van der Waals surface area contributed by atoms with Crippen LogP contribution in [0.4, 0.5) is 0 Å². The van der Waals surface area contributed by atoms with E-state index < -0.39 is 0 Å². The van der Waals surface area contributed by atoms with Crippen LogP contribution in [-0.4, -0.2) is 34.2 Å². The molecule has 0 N–H and O–H groups in total. The molecule has 2 heterocycles. The van der Waals surface area contributed by atoms with Crippen LogP contribution in [0, 0.1) is 20.8 Å². The summed E-state index contributed by atoms with van der Waals surface area (Å²) >= 11 is 0. The summed E-state index contributed by atoms with van der Waals surface area (Å²) < 4.78 is 8.69. The molecule has 6 nitrogen and oxygen atoms in total. The largest absolute Gasteiger partial charge is 0.383 e. The summed E-state index contributed by atoms with van der Waals surface area (Å²) in [5, 5.41) is 4.96. The molecule has 130 valence electrons. The number of nitrogens with zero attached hydrogens (tertiary/aromatic N) is 4. The zero-order valence-corrected chi connectivity index (χ0v) is 15.0. The number of benzene rings is 1. The molecule has 0 fully saturated rings. The van der Waals surface area contributed by atoms with Gasteiger partial charge in [0, 0.05) is 30.6 Å². The van der Waals surface area contributed by atoms with Crippen LogP contribution in [0.3, 0.4) is 0 Å². The topological polar surface area (TPSA) is 61.4 Å². The summed E-state index contributed by atoms with van der Waals surface area (Å²) in [6, 6.07) is 9.37. The van der Waals surface area contributed by atoms with Crippen LogP contribution < -0.4 is 5.56 Å². The molecule has 0 aliphatic rings. The van der Waals surface area contributed by atoms with Gasteiger partial charge in [0.15, 0.2) is 0 Å². The molecule has 6 heteroatoms. The maximum Gasteiger partial charge on any atom is 0.282 e. The Bertz CT molecular complexity index is 999. The van der Waals surface area contributed by atoms with Gasteiger partial charge in [-0.05, 0) is 39.0 Å². The van der Waals surface area contributed by atoms with Gasteiger partial charge in [0.1, 0.15) is 5.82 Å². The maximum absolute atomic E-state index is 12.7. The zero-order chi connectivity index (χ0) is 18.0. The quantitative estimate of drug-likeness (QED) is 0.672. The summed E-state index contributed by atoms with van der Waals surface area (Å²) in [5.41, 5.74) is 3.74. The average Bonchev–Trinajstić information content (AvgIpc) is 2.86. The fraction of sp³-hybridized carbons (Fsp3) is 0.316. The SMILES string of the molecule is COCCn1c(C)cc(/C=N/n2c(C)nc3ccccc3c2=O)c1C. The fourth-order valence-corrected chi connectivity index (χ4v) is 2.98. The van der Waals surface area contributed by atoms with E-state index in [1.807, 2.05) is 25.1 Å². The van der Waals surface area contributed by atoms with E-state index >= 15 is 0 Å². The van der Waals surface area contributed by atoms with Crippen LogP contribution in [0.25, 0.3) is 10.9 Å². The maximum atomic E-state index is 12.7. The number of fused-ring (bicyclic) bond motifs is 1. The Balaban J connectivity index is 2.01. The summed E-state index contributed by atoms with van der Waals surface area (Å²) in [7, 11) is 1.69. The minimum atomic E-state index is -0.160. The lowest BCUT2D eigenvalue weighted by atomic mass is 10.2. The van der Waals surface area contributed by atoms with Crippen molar-refractivity contribution in [1.29, 1.82) is 0 Å². The molecule has 0 aliphatic carbocycles. The van der Waals surface area contributed by atoms with Gasteiger partial charge in [-0.25, -0.2) is 4.98 Å². The smallest absolute Gasteiger partial charge is 0.282 e. The highest BCUT2D eigenvalue weighted by atomic mass is 16.5. The van der Waals surface area contributed by atoms with Gasteiger partial charge in [-0.1, -0.05) is 12.1 Å². The van der Waals surface area contributed by atoms with Crippen LogP contribution in [0.2, 0.25) is 0 Å². The molecule has 25 heavy (non-hydrogen) atoms. The van der Waals surface area contributed by atoms with Crippen molar-refractivity contribution in [3.8, 4) is 0 Å². The first-order chi connectivity index (χ1) is 12.0. The highest BCUT2D eigenvalue weighted by Crippen LogP contribution is 2.13. The number of para-hydroxylation sites is 1. The van der Waals surface area contributed by atoms with Crippen LogP contribution >= 0.6 is 0 Å². The van der Waals surface area contributed by atoms with E-state index in [0.717, 1.165) is 23.5 Å². The predicted octanol–water partition coefficient (Wildman–Crippen LogP) is 2.65. The summed E-state index contributed by atoms with van der Waals surface area (Å²) in [6.07, 6.45) is 1.72. The number of hydrogen-bond acceptors (Lipinski definition) is 4. The standard InChI is InChI=1S/C19H22N4O2/c1-13-11-16(14(2)22(13)9-10-25-4)12-20-23-15(3)21-18-8-6-5-7-17(18)19(23)24/h5-8,11-12H,9-10H2,1-4H3/b20-12+. The lowest BCUT2D eigenvalue weighted by Crippen LogP contribution is -2.20. The molecule has 1 aromatic carbocycles. The third kappa shape index (κ3) is 3.25. The molecular formula is C19H22N4O2. The van der Waals surface area contributed by atoms with Crippen LogP contribution in [-0.2, 0) is 11.3 Å². The second kappa shape index (κ2) is 7.03. The molecular weight excluding hydrogens is 316 g/mol. The van der Waals surface area contributed by atoms with E-state index in [-0.39, 0.29) is 5.56 Å². The number of ether oxygens (including phenoxy) is 1. The van der Waals surface area contributed by atoms with E-state index in [1.165, 1.54) is 4.68 Å². The van der Waals surface area contributed by atoms with Gasteiger partial charge < -0.3 is 9.30 Å². The Morgan fingerprint density at radius 2 is 2.00 bits per heavy atom. The molecule has 0 aliphatic heterocycles. The summed E-state index contributed by atoms with van der Waals surface area (Å²) in [5.74, 6) is 0.563. The fourth-order valence-electron chi connectivity index (χ4n) is 2.98. The first-order valence-corrected chi connectivity index (χ1v) is 8.21. The van der Waals surface area contributed by atoms with Crippen LogP contribution in [0.1, 0.15) is 22.8 Å². The van der Waals surface area contributed by atoms with Gasteiger partial charge >= 0.3 is 0 Å². The Morgan fingerprint density at radius 1 is 1.24 bits per heavy atom. The van der Waals surface area contributed by atoms with Gasteiger partial charge in [0.05, 0.1) is 23.7 Å². The lowest BCUT2D eigenvalue weighted by Gasteiger charge is -2.08. The van der Waals surface area contributed by atoms with Crippen molar-refractivity contribution in [2.75, 3.05) is 13.7 Å². The number of aromatic nitrogens is 3. The monoisotopic (exact) mass is 338 g/mol. The number of methoxy groups -OCH3 is 1. The van der Waals surface area contributed by atoms with Gasteiger partial charge in [0.2, 0.25) is 0 Å². The first kappa shape index (κ1) is 17.1. The molecule has 0 saturated carbocycles. The van der Waals surface area contributed by atoms with Crippen LogP contribution in [0.5, 0.6) is 0 Å². The van der Waals surface area contributed by atoms with Gasteiger partial charge in [-0.3, -0.25) is 4.79 Å². The van der Waals surface area contributed by atoms with Crippen molar-refractivity contribution in [1.82, 2.24) is 14.2 Å². The molecule has 3 rings (SSSR count). The molecule has 3 aromatic rings. The van der Waals surface area contributed by atoms with Crippen molar-refractivity contribution in [3.63, 3.8) is 0 Å². The van der Waals surface area contributed by atoms with Crippen molar-refractivity contribution in [3.05, 3.63) is 63.5 Å². The van der Waals surface area contributed by atoms with Gasteiger partial charge in [-0.2, -0.15) is 9.78 Å². The summed E-state index contributed by atoms with van der Waals surface area (Å²) in [6.45, 7) is 7.32. The van der Waals surface area contributed by atoms with E-state index in [1.54, 1.807) is 26.3 Å².